The van der Waals surface area contributed by atoms with Crippen LogP contribution in [0.4, 0.5) is 0 Å². The third-order valence-electron chi connectivity index (χ3n) is 3.11. The number of nitrogens with zero attached hydrogens (tertiary/aromatic N) is 1. The van der Waals surface area contributed by atoms with Gasteiger partial charge in [0.05, 0.1) is 0 Å². The van der Waals surface area contributed by atoms with Crippen molar-refractivity contribution >= 4 is 5.91 Å². The maximum Gasteiger partial charge on any atom is 0.251 e. The van der Waals surface area contributed by atoms with Crippen molar-refractivity contribution in [2.45, 2.75) is 19.4 Å². The van der Waals surface area contributed by atoms with Crippen LogP contribution in [0.25, 0.3) is 0 Å². The van der Waals surface area contributed by atoms with Crippen LogP contribution < -0.4 is 10.1 Å². The Morgan fingerprint density at radius 1 is 1.41 bits per heavy atom. The van der Waals surface area contributed by atoms with E-state index in [9.17, 15) is 4.79 Å². The van der Waals surface area contributed by atoms with E-state index in [0.717, 1.165) is 12.0 Å². The summed E-state index contributed by atoms with van der Waals surface area (Å²) in [6.07, 6.45) is 5.96. The average molecular weight is 296 g/mol. The number of carbonyl (C=O) groups is 1. The molecule has 1 aromatic heterocycles. The van der Waals surface area contributed by atoms with E-state index in [1.807, 2.05) is 31.3 Å². The first-order valence-corrected chi connectivity index (χ1v) is 7.22. The Bertz CT molecular complexity index is 626. The van der Waals surface area contributed by atoms with Crippen LogP contribution in [-0.2, 0) is 6.42 Å². The molecule has 0 spiro atoms. The fourth-order valence-corrected chi connectivity index (χ4v) is 2.11. The minimum atomic E-state index is -0.111. The lowest BCUT2D eigenvalue weighted by Crippen LogP contribution is -2.34. The smallest absolute Gasteiger partial charge is 0.251 e. The van der Waals surface area contributed by atoms with Crippen molar-refractivity contribution in [2.24, 2.45) is 0 Å². The van der Waals surface area contributed by atoms with Crippen molar-refractivity contribution in [3.8, 4) is 5.75 Å². The number of ether oxygens (including phenoxy) is 1. The van der Waals surface area contributed by atoms with Gasteiger partial charge in [0.15, 0.2) is 0 Å². The molecule has 0 saturated carbocycles. The van der Waals surface area contributed by atoms with Crippen molar-refractivity contribution in [2.75, 3.05) is 6.61 Å². The quantitative estimate of drug-likeness (QED) is 0.799. The van der Waals surface area contributed by atoms with Crippen LogP contribution in [0.3, 0.4) is 0 Å². The molecule has 0 saturated heterocycles. The Kier molecular flexibility index (Phi) is 5.72. The molecule has 2 rings (SSSR count). The molecule has 0 bridgehead atoms. The highest BCUT2D eigenvalue weighted by molar-refractivity contribution is 5.94. The highest BCUT2D eigenvalue weighted by Crippen LogP contribution is 2.13. The third kappa shape index (κ3) is 4.74. The van der Waals surface area contributed by atoms with E-state index in [4.69, 9.17) is 4.74 Å². The molecule has 0 radical (unpaired) electrons. The number of pyridine rings is 1. The van der Waals surface area contributed by atoms with Crippen molar-refractivity contribution in [1.29, 1.82) is 0 Å². The number of rotatable bonds is 7. The normalized spacial score (nSPS) is 11.5. The number of benzene rings is 1. The molecule has 2 aromatic rings. The molecule has 0 aliphatic rings. The molecule has 4 nitrogen and oxygen atoms in total. The Hall–Kier alpha value is -2.62. The zero-order valence-electron chi connectivity index (χ0n) is 12.7. The molecule has 114 valence electrons. The molecule has 1 unspecified atom stereocenters. The van der Waals surface area contributed by atoms with Crippen LogP contribution in [0.2, 0.25) is 0 Å². The summed E-state index contributed by atoms with van der Waals surface area (Å²) in [6, 6.07) is 11.0. The Balaban J connectivity index is 1.95. The van der Waals surface area contributed by atoms with Crippen molar-refractivity contribution in [3.05, 3.63) is 72.6 Å². The predicted octanol–water partition coefficient (Wildman–Crippen LogP) is 3.01. The van der Waals surface area contributed by atoms with Crippen LogP contribution in [0, 0.1) is 0 Å². The summed E-state index contributed by atoms with van der Waals surface area (Å²) in [4.78, 5) is 16.3. The number of aromatic nitrogens is 1. The summed E-state index contributed by atoms with van der Waals surface area (Å²) in [5.74, 6) is 0.549. The van der Waals surface area contributed by atoms with Gasteiger partial charge in [0.1, 0.15) is 12.4 Å². The van der Waals surface area contributed by atoms with Crippen LogP contribution in [0.1, 0.15) is 22.8 Å². The molecular weight excluding hydrogens is 276 g/mol. The lowest BCUT2D eigenvalue weighted by Gasteiger charge is -2.14. The molecule has 1 amide bonds. The van der Waals surface area contributed by atoms with Gasteiger partial charge < -0.3 is 10.1 Å². The van der Waals surface area contributed by atoms with Gasteiger partial charge in [0.2, 0.25) is 0 Å². The molecular formula is C18H20N2O2. The molecule has 1 heterocycles. The second-order valence-electron chi connectivity index (χ2n) is 5.07. The Morgan fingerprint density at radius 2 is 2.27 bits per heavy atom. The Labute approximate surface area is 130 Å². The third-order valence-corrected chi connectivity index (χ3v) is 3.11. The van der Waals surface area contributed by atoms with Gasteiger partial charge in [-0.1, -0.05) is 24.8 Å². The largest absolute Gasteiger partial charge is 0.490 e. The highest BCUT2D eigenvalue weighted by atomic mass is 16.5. The zero-order valence-corrected chi connectivity index (χ0v) is 12.7. The number of amides is 1. The van der Waals surface area contributed by atoms with E-state index in [2.05, 4.69) is 16.9 Å². The summed E-state index contributed by atoms with van der Waals surface area (Å²) >= 11 is 0. The molecule has 1 N–H and O–H groups in total. The van der Waals surface area contributed by atoms with E-state index in [0.29, 0.717) is 17.9 Å². The van der Waals surface area contributed by atoms with Gasteiger partial charge in [-0.15, -0.1) is 0 Å². The average Bonchev–Trinajstić information content (AvgIpc) is 2.54. The lowest BCUT2D eigenvalue weighted by molar-refractivity contribution is 0.0939. The molecule has 0 aliphatic heterocycles. The first-order valence-electron chi connectivity index (χ1n) is 7.22. The Morgan fingerprint density at radius 3 is 3.00 bits per heavy atom. The number of carbonyl (C=O) groups excluding carboxylic acids is 1. The SMILES string of the molecule is C=CCOc1cccc(C(=O)NC(C)Cc2cccnc2)c1. The molecule has 1 aromatic carbocycles. The molecule has 1 atom stereocenters. The first kappa shape index (κ1) is 15.8. The second kappa shape index (κ2) is 7.98. The molecule has 0 fully saturated rings. The monoisotopic (exact) mass is 296 g/mol. The molecule has 22 heavy (non-hydrogen) atoms. The number of hydrogen-bond acceptors (Lipinski definition) is 3. The van der Waals surface area contributed by atoms with Crippen molar-refractivity contribution < 1.29 is 9.53 Å². The van der Waals surface area contributed by atoms with E-state index in [1.165, 1.54) is 0 Å². The van der Waals surface area contributed by atoms with Gasteiger partial charge in [-0.25, -0.2) is 0 Å². The van der Waals surface area contributed by atoms with Gasteiger partial charge in [0.25, 0.3) is 5.91 Å². The zero-order chi connectivity index (χ0) is 15.8. The maximum absolute atomic E-state index is 12.3. The van der Waals surface area contributed by atoms with Crippen molar-refractivity contribution in [1.82, 2.24) is 10.3 Å². The van der Waals surface area contributed by atoms with Gasteiger partial charge in [0, 0.05) is 24.0 Å². The summed E-state index contributed by atoms with van der Waals surface area (Å²) in [6.45, 7) is 6.00. The van der Waals surface area contributed by atoms with E-state index in [1.54, 1.807) is 30.5 Å². The fourth-order valence-electron chi connectivity index (χ4n) is 2.11. The summed E-state index contributed by atoms with van der Waals surface area (Å²) in [5, 5.41) is 2.99. The number of nitrogens with one attached hydrogen (secondary N) is 1. The van der Waals surface area contributed by atoms with Gasteiger partial charge in [-0.05, 0) is 43.2 Å². The van der Waals surface area contributed by atoms with Gasteiger partial charge in [-0.2, -0.15) is 0 Å². The topological polar surface area (TPSA) is 51.2 Å². The minimum absolute atomic E-state index is 0.0226. The second-order valence-corrected chi connectivity index (χ2v) is 5.07. The standard InChI is InChI=1S/C18H20N2O2/c1-3-10-22-17-8-4-7-16(12-17)18(21)20-14(2)11-15-6-5-9-19-13-15/h3-9,12-14H,1,10-11H2,2H3,(H,20,21). The van der Waals surface area contributed by atoms with Crippen LogP contribution >= 0.6 is 0 Å². The van der Waals surface area contributed by atoms with E-state index < -0.39 is 0 Å². The number of hydrogen-bond donors (Lipinski definition) is 1. The highest BCUT2D eigenvalue weighted by Gasteiger charge is 2.11. The summed E-state index contributed by atoms with van der Waals surface area (Å²) < 4.78 is 5.44. The predicted molar refractivity (Wildman–Crippen MR) is 87.0 cm³/mol. The summed E-state index contributed by atoms with van der Waals surface area (Å²) in [5.41, 5.74) is 1.68. The maximum atomic E-state index is 12.3. The molecule has 4 heteroatoms. The van der Waals surface area contributed by atoms with E-state index in [-0.39, 0.29) is 11.9 Å². The van der Waals surface area contributed by atoms with Crippen molar-refractivity contribution in [3.63, 3.8) is 0 Å². The van der Waals surface area contributed by atoms with Crippen LogP contribution in [0.15, 0.2) is 61.4 Å². The van der Waals surface area contributed by atoms with Crippen LogP contribution in [0.5, 0.6) is 5.75 Å². The minimum Gasteiger partial charge on any atom is -0.490 e. The summed E-state index contributed by atoms with van der Waals surface area (Å²) in [7, 11) is 0. The lowest BCUT2D eigenvalue weighted by atomic mass is 10.1. The fraction of sp³-hybridized carbons (Fsp3) is 0.222. The van der Waals surface area contributed by atoms with Gasteiger partial charge >= 0.3 is 0 Å². The first-order chi connectivity index (χ1) is 10.7. The van der Waals surface area contributed by atoms with Crippen LogP contribution in [-0.4, -0.2) is 23.5 Å². The van der Waals surface area contributed by atoms with E-state index >= 15 is 0 Å². The van der Waals surface area contributed by atoms with Gasteiger partial charge in [-0.3, -0.25) is 9.78 Å². The molecule has 0 aliphatic carbocycles.